The van der Waals surface area contributed by atoms with Crippen molar-refractivity contribution in [3.8, 4) is 0 Å². The first kappa shape index (κ1) is 16.2. The second-order valence-corrected chi connectivity index (χ2v) is 5.64. The Bertz CT molecular complexity index is 623. The molecular weight excluding hydrogens is 274 g/mol. The molecule has 2 N–H and O–H groups in total. The number of hydrogen-bond acceptors (Lipinski definition) is 2. The first-order valence-electron chi connectivity index (χ1n) is 7.61. The van der Waals surface area contributed by atoms with Gasteiger partial charge in [0.1, 0.15) is 0 Å². The second kappa shape index (κ2) is 7.76. The van der Waals surface area contributed by atoms with Gasteiger partial charge in [-0.05, 0) is 37.0 Å². The summed E-state index contributed by atoms with van der Waals surface area (Å²) in [4.78, 5) is 12.1. The maximum Gasteiger partial charge on any atom is 0.220 e. The molecule has 0 aromatic heterocycles. The summed E-state index contributed by atoms with van der Waals surface area (Å²) < 4.78 is 0. The number of carbonyl (C=O) groups excluding carboxylic acids is 1. The molecule has 3 nitrogen and oxygen atoms in total. The molecule has 0 saturated heterocycles. The average molecular weight is 297 g/mol. The zero-order valence-electron chi connectivity index (χ0n) is 13.2. The van der Waals surface area contributed by atoms with Gasteiger partial charge in [0.15, 0.2) is 0 Å². The number of amides is 1. The van der Waals surface area contributed by atoms with Crippen molar-refractivity contribution in [2.24, 2.45) is 0 Å². The number of aliphatic hydroxyl groups excluding tert-OH is 1. The minimum absolute atomic E-state index is 0.0390. The van der Waals surface area contributed by atoms with E-state index in [-0.39, 0.29) is 18.6 Å². The van der Waals surface area contributed by atoms with Crippen LogP contribution < -0.4 is 5.32 Å². The summed E-state index contributed by atoms with van der Waals surface area (Å²) in [6, 6.07) is 15.5. The summed E-state index contributed by atoms with van der Waals surface area (Å²) in [7, 11) is 0. The van der Waals surface area contributed by atoms with Crippen LogP contribution in [-0.4, -0.2) is 17.6 Å². The Morgan fingerprint density at radius 1 is 1.14 bits per heavy atom. The van der Waals surface area contributed by atoms with E-state index >= 15 is 0 Å². The smallest absolute Gasteiger partial charge is 0.220 e. The van der Waals surface area contributed by atoms with Gasteiger partial charge in [0.05, 0.1) is 12.6 Å². The van der Waals surface area contributed by atoms with Gasteiger partial charge in [-0.15, -0.1) is 0 Å². The van der Waals surface area contributed by atoms with Crippen molar-refractivity contribution in [1.82, 2.24) is 5.32 Å². The minimum Gasteiger partial charge on any atom is -0.394 e. The summed E-state index contributed by atoms with van der Waals surface area (Å²) in [5.41, 5.74) is 4.57. The highest BCUT2D eigenvalue weighted by Gasteiger charge is 2.13. The number of aliphatic hydroxyl groups is 1. The SMILES string of the molecule is Cc1ccc(CCC(=O)NC(CO)c2ccccc2)c(C)c1. The molecule has 0 radical (unpaired) electrons. The van der Waals surface area contributed by atoms with E-state index in [1.165, 1.54) is 16.7 Å². The molecule has 2 aromatic rings. The van der Waals surface area contributed by atoms with Gasteiger partial charge in [-0.1, -0.05) is 54.1 Å². The zero-order valence-corrected chi connectivity index (χ0v) is 13.2. The fourth-order valence-electron chi connectivity index (χ4n) is 2.56. The minimum atomic E-state index is -0.340. The predicted octanol–water partition coefficient (Wildman–Crippen LogP) is 3.09. The number of nitrogens with one attached hydrogen (secondary N) is 1. The van der Waals surface area contributed by atoms with Crippen LogP contribution in [0.1, 0.15) is 34.7 Å². The normalized spacial score (nSPS) is 12.0. The molecule has 0 aliphatic carbocycles. The summed E-state index contributed by atoms with van der Waals surface area (Å²) in [6.45, 7) is 4.04. The molecule has 2 aromatic carbocycles. The van der Waals surface area contributed by atoms with E-state index in [4.69, 9.17) is 0 Å². The molecule has 2 rings (SSSR count). The van der Waals surface area contributed by atoms with Gasteiger partial charge >= 0.3 is 0 Å². The Morgan fingerprint density at radius 3 is 2.50 bits per heavy atom. The van der Waals surface area contributed by atoms with Crippen LogP contribution in [0.25, 0.3) is 0 Å². The van der Waals surface area contributed by atoms with Gasteiger partial charge in [0.25, 0.3) is 0 Å². The Morgan fingerprint density at radius 2 is 1.86 bits per heavy atom. The first-order valence-corrected chi connectivity index (χ1v) is 7.61. The molecule has 0 aliphatic rings. The van der Waals surface area contributed by atoms with Crippen molar-refractivity contribution in [3.05, 3.63) is 70.8 Å². The number of aryl methyl sites for hydroxylation is 3. The molecule has 1 unspecified atom stereocenters. The maximum atomic E-state index is 12.1. The van der Waals surface area contributed by atoms with Gasteiger partial charge in [-0.3, -0.25) is 4.79 Å². The average Bonchev–Trinajstić information content (AvgIpc) is 2.52. The summed E-state index contributed by atoms with van der Waals surface area (Å²) >= 11 is 0. The molecule has 3 heteroatoms. The molecule has 0 aliphatic heterocycles. The zero-order chi connectivity index (χ0) is 15.9. The third kappa shape index (κ3) is 4.43. The molecule has 116 valence electrons. The maximum absolute atomic E-state index is 12.1. The van der Waals surface area contributed by atoms with Crippen LogP contribution in [0.2, 0.25) is 0 Å². The van der Waals surface area contributed by atoms with Crippen molar-refractivity contribution in [2.75, 3.05) is 6.61 Å². The van der Waals surface area contributed by atoms with E-state index in [0.717, 1.165) is 5.56 Å². The highest BCUT2D eigenvalue weighted by atomic mass is 16.3. The number of rotatable bonds is 6. The van der Waals surface area contributed by atoms with Crippen LogP contribution in [0.5, 0.6) is 0 Å². The van der Waals surface area contributed by atoms with Crippen LogP contribution in [0, 0.1) is 13.8 Å². The summed E-state index contributed by atoms with van der Waals surface area (Å²) in [5, 5.41) is 12.4. The Hall–Kier alpha value is -2.13. The lowest BCUT2D eigenvalue weighted by atomic mass is 10.0. The van der Waals surface area contributed by atoms with Gasteiger partial charge in [0, 0.05) is 6.42 Å². The van der Waals surface area contributed by atoms with E-state index in [2.05, 4.69) is 37.4 Å². The number of carbonyl (C=O) groups is 1. The van der Waals surface area contributed by atoms with E-state index < -0.39 is 0 Å². The van der Waals surface area contributed by atoms with Crippen LogP contribution in [0.15, 0.2) is 48.5 Å². The predicted molar refractivity (Wildman–Crippen MR) is 88.6 cm³/mol. The van der Waals surface area contributed by atoms with Gasteiger partial charge in [0.2, 0.25) is 5.91 Å². The fraction of sp³-hybridized carbons (Fsp3) is 0.316. The Kier molecular flexibility index (Phi) is 5.73. The molecular formula is C19H23NO2. The lowest BCUT2D eigenvalue weighted by Gasteiger charge is -2.17. The molecule has 0 heterocycles. The highest BCUT2D eigenvalue weighted by Crippen LogP contribution is 2.14. The molecule has 0 bridgehead atoms. The monoisotopic (exact) mass is 297 g/mol. The second-order valence-electron chi connectivity index (χ2n) is 5.64. The third-order valence-electron chi connectivity index (χ3n) is 3.84. The lowest BCUT2D eigenvalue weighted by Crippen LogP contribution is -2.30. The van der Waals surface area contributed by atoms with Crippen LogP contribution in [0.4, 0.5) is 0 Å². The fourth-order valence-corrected chi connectivity index (χ4v) is 2.56. The largest absolute Gasteiger partial charge is 0.394 e. The molecule has 0 fully saturated rings. The van der Waals surface area contributed by atoms with E-state index in [1.807, 2.05) is 30.3 Å². The molecule has 0 spiro atoms. The van der Waals surface area contributed by atoms with Crippen molar-refractivity contribution in [2.45, 2.75) is 32.7 Å². The molecule has 0 saturated carbocycles. The van der Waals surface area contributed by atoms with Crippen LogP contribution >= 0.6 is 0 Å². The third-order valence-corrected chi connectivity index (χ3v) is 3.84. The Labute approximate surface area is 132 Å². The topological polar surface area (TPSA) is 49.3 Å². The van der Waals surface area contributed by atoms with Crippen molar-refractivity contribution in [3.63, 3.8) is 0 Å². The van der Waals surface area contributed by atoms with Gasteiger partial charge < -0.3 is 10.4 Å². The Balaban J connectivity index is 1.92. The molecule has 1 amide bonds. The van der Waals surface area contributed by atoms with Gasteiger partial charge in [-0.25, -0.2) is 0 Å². The molecule has 1 atom stereocenters. The van der Waals surface area contributed by atoms with E-state index in [0.29, 0.717) is 12.8 Å². The standard InChI is InChI=1S/C19H23NO2/c1-14-8-9-16(15(2)12-14)10-11-19(22)20-18(13-21)17-6-4-3-5-7-17/h3-9,12,18,21H,10-11,13H2,1-2H3,(H,20,22). The number of benzene rings is 2. The van der Waals surface area contributed by atoms with Crippen molar-refractivity contribution in [1.29, 1.82) is 0 Å². The summed E-state index contributed by atoms with van der Waals surface area (Å²) in [5.74, 6) is -0.0390. The van der Waals surface area contributed by atoms with Crippen LogP contribution in [0.3, 0.4) is 0 Å². The highest BCUT2D eigenvalue weighted by molar-refractivity contribution is 5.76. The quantitative estimate of drug-likeness (QED) is 0.861. The lowest BCUT2D eigenvalue weighted by molar-refractivity contribution is -0.122. The van der Waals surface area contributed by atoms with E-state index in [1.54, 1.807) is 0 Å². The number of hydrogen-bond donors (Lipinski definition) is 2. The van der Waals surface area contributed by atoms with Crippen molar-refractivity contribution >= 4 is 5.91 Å². The van der Waals surface area contributed by atoms with Crippen LogP contribution in [-0.2, 0) is 11.2 Å². The molecule has 22 heavy (non-hydrogen) atoms. The van der Waals surface area contributed by atoms with Crippen molar-refractivity contribution < 1.29 is 9.90 Å². The first-order chi connectivity index (χ1) is 10.6. The van der Waals surface area contributed by atoms with E-state index in [9.17, 15) is 9.90 Å². The van der Waals surface area contributed by atoms with Gasteiger partial charge in [-0.2, -0.15) is 0 Å². The summed E-state index contributed by atoms with van der Waals surface area (Å²) in [6.07, 6.45) is 1.14.